The maximum absolute atomic E-state index is 14.7. The van der Waals surface area contributed by atoms with E-state index in [1.807, 2.05) is 18.2 Å². The number of alkyl halides is 2. The van der Waals surface area contributed by atoms with Crippen LogP contribution in [-0.2, 0) is 9.59 Å². The topological polar surface area (TPSA) is 162 Å². The number of carbonyl (C=O) groups excluding carboxylic acids is 4. The van der Waals surface area contributed by atoms with Gasteiger partial charge in [-0.2, -0.15) is 5.10 Å². The standard InChI is InChI=1S/C41H46F2N10O5S/c42-37(43)36-33(52(40(57)31-22-58-23-46-31)28-7-12-44-34(18-28)45-19-24-1-2-24)21-51(48-36)26-10-13-49(14-11-26)20-25-8-15-50(16-9-25)27-3-4-29-30(17-27)41(59)53(39(29)56)32-5-6-35(54)47-38(32)55/h3-4,7,12,17-18,21-26,32,37,41,59H,1-2,5-6,8-11,13-16,19-20H2,(H,44,45)(H,47,54,55). The maximum atomic E-state index is 14.7. The summed E-state index contributed by atoms with van der Waals surface area (Å²) in [7, 11) is 0. The SMILES string of the molecule is O=C1CCC(N2C(=O)c3ccc(N4CCC(CN5CCC(n6cc(N(C(=O)c7cocn7)c7ccnc(NCC8CC8)c7)c(C(F)F)n6)CC5)CC4)cc3C2S)C(=O)N1. The van der Waals surface area contributed by atoms with Crippen molar-refractivity contribution in [2.75, 3.05) is 54.4 Å². The van der Waals surface area contributed by atoms with Gasteiger partial charge in [0.15, 0.2) is 17.8 Å². The van der Waals surface area contributed by atoms with E-state index < -0.39 is 35.3 Å². The Morgan fingerprint density at radius 1 is 0.983 bits per heavy atom. The zero-order valence-corrected chi connectivity index (χ0v) is 33.3. The molecule has 2 N–H and O–H groups in total. The molecule has 4 fully saturated rings. The van der Waals surface area contributed by atoms with E-state index in [4.69, 9.17) is 17.0 Å². The molecule has 5 aliphatic rings. The number of hydrogen-bond donors (Lipinski definition) is 3. The quantitative estimate of drug-likeness (QED) is 0.118. The molecule has 4 amide bonds. The number of likely N-dealkylation sites (tertiary alicyclic amines) is 1. The molecular formula is C41H46F2N10O5S. The molecule has 9 rings (SSSR count). The van der Waals surface area contributed by atoms with Gasteiger partial charge in [-0.15, -0.1) is 12.6 Å². The molecule has 1 aromatic carbocycles. The number of nitrogens with one attached hydrogen (secondary N) is 2. The number of benzene rings is 1. The zero-order chi connectivity index (χ0) is 40.8. The first kappa shape index (κ1) is 39.1. The Bertz CT molecular complexity index is 2220. The van der Waals surface area contributed by atoms with Crippen LogP contribution in [-0.4, -0.2) is 98.5 Å². The summed E-state index contributed by atoms with van der Waals surface area (Å²) in [4.78, 5) is 67.4. The number of piperidine rings is 3. The molecule has 3 saturated heterocycles. The normalized spacial score (nSPS) is 21.9. The van der Waals surface area contributed by atoms with Gasteiger partial charge in [0.2, 0.25) is 11.8 Å². The summed E-state index contributed by atoms with van der Waals surface area (Å²) in [5.41, 5.74) is 2.17. The summed E-state index contributed by atoms with van der Waals surface area (Å²) in [5, 5.41) is 9.46. The molecule has 1 saturated carbocycles. The highest BCUT2D eigenvalue weighted by Gasteiger charge is 2.44. The highest BCUT2D eigenvalue weighted by Crippen LogP contribution is 2.42. The van der Waals surface area contributed by atoms with Gasteiger partial charge in [0, 0.05) is 75.4 Å². The van der Waals surface area contributed by atoms with E-state index in [9.17, 15) is 28.0 Å². The molecule has 2 unspecified atom stereocenters. The van der Waals surface area contributed by atoms with E-state index in [0.29, 0.717) is 28.9 Å². The molecule has 0 spiro atoms. The van der Waals surface area contributed by atoms with Crippen molar-refractivity contribution < 1.29 is 32.4 Å². The Morgan fingerprint density at radius 2 is 1.78 bits per heavy atom. The van der Waals surface area contributed by atoms with E-state index in [1.165, 1.54) is 16.1 Å². The lowest BCUT2D eigenvalue weighted by Crippen LogP contribution is -2.53. The minimum Gasteiger partial charge on any atom is -0.451 e. The Kier molecular flexibility index (Phi) is 10.8. The van der Waals surface area contributed by atoms with Gasteiger partial charge in [0.05, 0.1) is 17.4 Å². The largest absolute Gasteiger partial charge is 0.451 e. The van der Waals surface area contributed by atoms with Crippen LogP contribution in [0.3, 0.4) is 0 Å². The number of rotatable bonds is 12. The fourth-order valence-corrected chi connectivity index (χ4v) is 9.33. The van der Waals surface area contributed by atoms with Crippen molar-refractivity contribution in [1.29, 1.82) is 0 Å². The van der Waals surface area contributed by atoms with Gasteiger partial charge in [0.1, 0.15) is 23.5 Å². The number of fused-ring (bicyclic) bond motifs is 1. The van der Waals surface area contributed by atoms with Crippen LogP contribution in [0.2, 0.25) is 0 Å². The number of pyridine rings is 1. The van der Waals surface area contributed by atoms with E-state index in [0.717, 1.165) is 95.4 Å². The van der Waals surface area contributed by atoms with Crippen molar-refractivity contribution in [2.45, 2.75) is 75.2 Å². The first-order chi connectivity index (χ1) is 28.6. The second-order valence-electron chi connectivity index (χ2n) is 16.2. The molecule has 1 aliphatic carbocycles. The summed E-state index contributed by atoms with van der Waals surface area (Å²) < 4.78 is 36.1. The van der Waals surface area contributed by atoms with Crippen LogP contribution < -0.4 is 20.4 Å². The fraction of sp³-hybridized carbons (Fsp3) is 0.488. The van der Waals surface area contributed by atoms with E-state index >= 15 is 0 Å². The van der Waals surface area contributed by atoms with Crippen molar-refractivity contribution in [3.05, 3.63) is 77.9 Å². The van der Waals surface area contributed by atoms with E-state index in [2.05, 4.69) is 35.5 Å². The lowest BCUT2D eigenvalue weighted by atomic mass is 9.94. The molecule has 0 bridgehead atoms. The maximum Gasteiger partial charge on any atom is 0.284 e. The molecule has 4 aromatic rings. The number of aromatic nitrogens is 4. The van der Waals surface area contributed by atoms with Crippen LogP contribution in [0.15, 0.2) is 59.8 Å². The monoisotopic (exact) mass is 828 g/mol. The Labute approximate surface area is 344 Å². The molecule has 59 heavy (non-hydrogen) atoms. The second-order valence-corrected chi connectivity index (χ2v) is 16.7. The predicted molar refractivity (Wildman–Crippen MR) is 216 cm³/mol. The first-order valence-electron chi connectivity index (χ1n) is 20.4. The molecule has 3 aromatic heterocycles. The average molecular weight is 829 g/mol. The number of amides is 4. The van der Waals surface area contributed by atoms with Gasteiger partial charge >= 0.3 is 0 Å². The van der Waals surface area contributed by atoms with Crippen molar-refractivity contribution in [1.82, 2.24) is 34.9 Å². The number of oxazole rings is 1. The molecule has 2 atom stereocenters. The highest BCUT2D eigenvalue weighted by molar-refractivity contribution is 7.80. The lowest BCUT2D eigenvalue weighted by Gasteiger charge is -2.38. The number of imide groups is 1. The summed E-state index contributed by atoms with van der Waals surface area (Å²) in [5.74, 6) is -0.0407. The molecule has 310 valence electrons. The van der Waals surface area contributed by atoms with Crippen molar-refractivity contribution in [3.63, 3.8) is 0 Å². The Balaban J connectivity index is 0.823. The summed E-state index contributed by atoms with van der Waals surface area (Å²) >= 11 is 4.76. The number of anilines is 4. The molecule has 7 heterocycles. The summed E-state index contributed by atoms with van der Waals surface area (Å²) in [6.45, 7) is 4.97. The molecular weight excluding hydrogens is 783 g/mol. The number of thiol groups is 1. The number of nitrogens with zero attached hydrogens (tertiary/aromatic N) is 8. The van der Waals surface area contributed by atoms with Crippen molar-refractivity contribution in [2.24, 2.45) is 11.8 Å². The van der Waals surface area contributed by atoms with E-state index in [-0.39, 0.29) is 42.1 Å². The molecule has 4 aliphatic heterocycles. The minimum absolute atomic E-state index is 0.00645. The van der Waals surface area contributed by atoms with Crippen LogP contribution in [0, 0.1) is 11.8 Å². The number of halogens is 2. The van der Waals surface area contributed by atoms with Gasteiger partial charge in [-0.1, -0.05) is 0 Å². The number of hydrogen-bond acceptors (Lipinski definition) is 12. The van der Waals surface area contributed by atoms with Crippen LogP contribution in [0.25, 0.3) is 0 Å². The lowest BCUT2D eigenvalue weighted by molar-refractivity contribution is -0.137. The molecule has 0 radical (unpaired) electrons. The Hall–Kier alpha value is -5.36. The third-order valence-electron chi connectivity index (χ3n) is 12.3. The van der Waals surface area contributed by atoms with Crippen LogP contribution in [0.5, 0.6) is 0 Å². The molecule has 15 nitrogen and oxygen atoms in total. The van der Waals surface area contributed by atoms with Gasteiger partial charge in [0.25, 0.3) is 18.2 Å². The van der Waals surface area contributed by atoms with Crippen LogP contribution in [0.1, 0.15) is 101 Å². The van der Waals surface area contributed by atoms with Gasteiger partial charge < -0.3 is 24.4 Å². The van der Waals surface area contributed by atoms with Crippen LogP contribution in [0.4, 0.5) is 31.7 Å². The third kappa shape index (κ3) is 8.03. The van der Waals surface area contributed by atoms with Gasteiger partial charge in [-0.3, -0.25) is 34.1 Å². The third-order valence-corrected chi connectivity index (χ3v) is 12.9. The van der Waals surface area contributed by atoms with E-state index in [1.54, 1.807) is 29.2 Å². The van der Waals surface area contributed by atoms with Crippen molar-refractivity contribution in [3.8, 4) is 0 Å². The first-order valence-corrected chi connectivity index (χ1v) is 20.9. The number of carbonyl (C=O) groups is 4. The average Bonchev–Trinajstić information content (AvgIpc) is 3.59. The summed E-state index contributed by atoms with van der Waals surface area (Å²) in [6.07, 6.45) is 8.70. The van der Waals surface area contributed by atoms with Crippen LogP contribution >= 0.6 is 12.6 Å². The van der Waals surface area contributed by atoms with Crippen molar-refractivity contribution >= 4 is 59.1 Å². The predicted octanol–water partition coefficient (Wildman–Crippen LogP) is 5.75. The van der Waals surface area contributed by atoms with Gasteiger partial charge in [-0.05, 0) is 86.6 Å². The molecule has 18 heteroatoms. The fourth-order valence-electron chi connectivity index (χ4n) is 8.86. The Morgan fingerprint density at radius 3 is 2.49 bits per heavy atom. The zero-order valence-electron chi connectivity index (χ0n) is 32.4. The van der Waals surface area contributed by atoms with Gasteiger partial charge in [-0.25, -0.2) is 18.7 Å². The smallest absolute Gasteiger partial charge is 0.284 e. The highest BCUT2D eigenvalue weighted by atomic mass is 32.1. The summed E-state index contributed by atoms with van der Waals surface area (Å²) in [6, 6.07) is 8.23. The minimum atomic E-state index is -2.93. The second kappa shape index (κ2) is 16.4.